The summed E-state index contributed by atoms with van der Waals surface area (Å²) in [5, 5.41) is 0. The molecular weight excluding hydrogens is 261 g/mol. The van der Waals surface area contributed by atoms with Gasteiger partial charge in [-0.3, -0.25) is 4.79 Å². The Balaban J connectivity index is 2.38. The van der Waals surface area contributed by atoms with Gasteiger partial charge in [0.2, 0.25) is 0 Å². The van der Waals surface area contributed by atoms with Gasteiger partial charge >= 0.3 is 0 Å². The summed E-state index contributed by atoms with van der Waals surface area (Å²) in [7, 11) is 0. The number of benzene rings is 2. The van der Waals surface area contributed by atoms with Crippen molar-refractivity contribution in [1.82, 2.24) is 0 Å². The Labute approximate surface area is 117 Å². The highest BCUT2D eigenvalue weighted by Gasteiger charge is 2.18. The van der Waals surface area contributed by atoms with Crippen molar-refractivity contribution < 1.29 is 9.18 Å². The zero-order valence-electron chi connectivity index (χ0n) is 10.5. The number of hydrogen-bond donors (Lipinski definition) is 1. The predicted octanol–water partition coefficient (Wildman–Crippen LogP) is 3.78. The van der Waals surface area contributed by atoms with Gasteiger partial charge in [-0.05, 0) is 37.3 Å². The number of hydrogen-bond acceptors (Lipinski definition) is 2. The first-order valence-corrected chi connectivity index (χ1v) is 6.43. The molecule has 0 radical (unpaired) electrons. The standard InChI is InChI=1S/C15H14FNOS/c1-2-17(14-9-4-3-8-13(14)16)15(18)11-6-5-7-12(19)10-11/h3-10,19H,2H2,1H3. The Kier molecular flexibility index (Phi) is 4.22. The van der Waals surface area contributed by atoms with Gasteiger partial charge in [0, 0.05) is 17.0 Å². The molecule has 0 atom stereocenters. The van der Waals surface area contributed by atoms with Crippen molar-refractivity contribution in [3.63, 3.8) is 0 Å². The molecule has 2 rings (SSSR count). The largest absolute Gasteiger partial charge is 0.306 e. The van der Waals surface area contributed by atoms with Gasteiger partial charge in [-0.25, -0.2) is 4.39 Å². The lowest BCUT2D eigenvalue weighted by Crippen LogP contribution is -2.31. The van der Waals surface area contributed by atoms with E-state index in [2.05, 4.69) is 12.6 Å². The minimum absolute atomic E-state index is 0.233. The highest BCUT2D eigenvalue weighted by molar-refractivity contribution is 7.80. The Hall–Kier alpha value is -1.81. The highest BCUT2D eigenvalue weighted by Crippen LogP contribution is 2.21. The second-order valence-corrected chi connectivity index (χ2v) is 4.57. The fraction of sp³-hybridized carbons (Fsp3) is 0.133. The maximum absolute atomic E-state index is 13.8. The Morgan fingerprint density at radius 3 is 2.58 bits per heavy atom. The van der Waals surface area contributed by atoms with Crippen LogP contribution in [-0.4, -0.2) is 12.5 Å². The molecule has 1 amide bonds. The molecule has 0 bridgehead atoms. The summed E-state index contributed by atoms with van der Waals surface area (Å²) in [5.74, 6) is -0.636. The zero-order chi connectivity index (χ0) is 13.8. The number of rotatable bonds is 3. The molecule has 2 aromatic carbocycles. The van der Waals surface area contributed by atoms with Crippen LogP contribution < -0.4 is 4.90 Å². The molecule has 0 N–H and O–H groups in total. The summed E-state index contributed by atoms with van der Waals surface area (Å²) in [5.41, 5.74) is 0.789. The third-order valence-corrected chi connectivity index (χ3v) is 3.08. The molecule has 0 aliphatic rings. The average Bonchev–Trinajstić information content (AvgIpc) is 2.41. The highest BCUT2D eigenvalue weighted by atomic mass is 32.1. The SMILES string of the molecule is CCN(C(=O)c1cccc(S)c1)c1ccccc1F. The minimum atomic E-state index is -0.403. The summed E-state index contributed by atoms with van der Waals surface area (Å²) in [6, 6.07) is 13.2. The fourth-order valence-corrected chi connectivity index (χ4v) is 2.11. The van der Waals surface area contributed by atoms with Crippen molar-refractivity contribution in [2.75, 3.05) is 11.4 Å². The maximum Gasteiger partial charge on any atom is 0.258 e. The number of para-hydroxylation sites is 1. The van der Waals surface area contributed by atoms with Gasteiger partial charge in [0.25, 0.3) is 5.91 Å². The number of amides is 1. The van der Waals surface area contributed by atoms with E-state index < -0.39 is 5.82 Å². The second kappa shape index (κ2) is 5.89. The summed E-state index contributed by atoms with van der Waals surface area (Å²) in [6.45, 7) is 2.21. The molecule has 19 heavy (non-hydrogen) atoms. The second-order valence-electron chi connectivity index (χ2n) is 4.05. The van der Waals surface area contributed by atoms with Crippen LogP contribution in [0.2, 0.25) is 0 Å². The number of carbonyl (C=O) groups is 1. The number of thiol groups is 1. The predicted molar refractivity (Wildman–Crippen MR) is 77.4 cm³/mol. The average molecular weight is 275 g/mol. The first-order valence-electron chi connectivity index (χ1n) is 5.99. The molecule has 0 heterocycles. The molecule has 4 heteroatoms. The van der Waals surface area contributed by atoms with Crippen LogP contribution in [0.4, 0.5) is 10.1 Å². The quantitative estimate of drug-likeness (QED) is 0.845. The minimum Gasteiger partial charge on any atom is -0.306 e. The van der Waals surface area contributed by atoms with Crippen LogP contribution in [0.1, 0.15) is 17.3 Å². The van der Waals surface area contributed by atoms with Gasteiger partial charge in [0.1, 0.15) is 5.82 Å². The van der Waals surface area contributed by atoms with E-state index >= 15 is 0 Å². The van der Waals surface area contributed by atoms with Crippen molar-refractivity contribution in [3.8, 4) is 0 Å². The lowest BCUT2D eigenvalue weighted by Gasteiger charge is -2.21. The molecule has 0 fully saturated rings. The van der Waals surface area contributed by atoms with Gasteiger partial charge in [0.05, 0.1) is 5.69 Å². The molecule has 0 saturated heterocycles. The molecule has 0 aliphatic heterocycles. The van der Waals surface area contributed by atoms with Crippen LogP contribution in [0.5, 0.6) is 0 Å². The van der Waals surface area contributed by atoms with Crippen molar-refractivity contribution in [1.29, 1.82) is 0 Å². The summed E-state index contributed by atoms with van der Waals surface area (Å²) < 4.78 is 13.8. The number of carbonyl (C=O) groups excluding carboxylic acids is 1. The van der Waals surface area contributed by atoms with Crippen LogP contribution in [0.3, 0.4) is 0 Å². The summed E-state index contributed by atoms with van der Waals surface area (Å²) in [6.07, 6.45) is 0. The topological polar surface area (TPSA) is 20.3 Å². The van der Waals surface area contributed by atoms with Gasteiger partial charge in [0.15, 0.2) is 0 Å². The van der Waals surface area contributed by atoms with Gasteiger partial charge in [-0.15, -0.1) is 12.6 Å². The molecule has 0 aliphatic carbocycles. The third-order valence-electron chi connectivity index (χ3n) is 2.80. The Bertz CT molecular complexity index is 600. The van der Waals surface area contributed by atoms with Crippen LogP contribution >= 0.6 is 12.6 Å². The van der Waals surface area contributed by atoms with Crippen LogP contribution in [0.25, 0.3) is 0 Å². The van der Waals surface area contributed by atoms with E-state index in [4.69, 9.17) is 0 Å². The number of nitrogens with zero attached hydrogens (tertiary/aromatic N) is 1. The smallest absolute Gasteiger partial charge is 0.258 e. The first kappa shape index (κ1) is 13.6. The van der Waals surface area contributed by atoms with E-state index in [0.717, 1.165) is 0 Å². The molecule has 2 aromatic rings. The van der Waals surface area contributed by atoms with Gasteiger partial charge in [-0.1, -0.05) is 18.2 Å². The normalized spacial score (nSPS) is 10.3. The number of halogens is 1. The van der Waals surface area contributed by atoms with E-state index in [1.54, 1.807) is 42.5 Å². The van der Waals surface area contributed by atoms with Crippen molar-refractivity contribution in [2.45, 2.75) is 11.8 Å². The van der Waals surface area contributed by atoms with E-state index in [0.29, 0.717) is 22.7 Å². The number of anilines is 1. The first-order chi connectivity index (χ1) is 9.13. The Morgan fingerprint density at radius 2 is 1.95 bits per heavy atom. The van der Waals surface area contributed by atoms with E-state index in [1.165, 1.54) is 11.0 Å². The maximum atomic E-state index is 13.8. The van der Waals surface area contributed by atoms with Gasteiger partial charge in [-0.2, -0.15) is 0 Å². The third kappa shape index (κ3) is 2.96. The fourth-order valence-electron chi connectivity index (χ4n) is 1.89. The monoisotopic (exact) mass is 275 g/mol. The molecule has 0 aromatic heterocycles. The van der Waals surface area contributed by atoms with Crippen LogP contribution in [0, 0.1) is 5.82 Å². The molecule has 2 nitrogen and oxygen atoms in total. The van der Waals surface area contributed by atoms with Crippen molar-refractivity contribution >= 4 is 24.2 Å². The molecule has 0 saturated carbocycles. The zero-order valence-corrected chi connectivity index (χ0v) is 11.4. The van der Waals surface area contributed by atoms with Crippen LogP contribution in [0.15, 0.2) is 53.4 Å². The van der Waals surface area contributed by atoms with Crippen LogP contribution in [-0.2, 0) is 0 Å². The molecular formula is C15H14FNOS. The van der Waals surface area contributed by atoms with E-state index in [9.17, 15) is 9.18 Å². The summed E-state index contributed by atoms with van der Waals surface area (Å²) >= 11 is 4.21. The summed E-state index contributed by atoms with van der Waals surface area (Å²) in [4.78, 5) is 14.5. The van der Waals surface area contributed by atoms with E-state index in [1.807, 2.05) is 6.92 Å². The van der Waals surface area contributed by atoms with Crippen molar-refractivity contribution in [3.05, 3.63) is 59.9 Å². The lowest BCUT2D eigenvalue weighted by atomic mass is 10.1. The van der Waals surface area contributed by atoms with Gasteiger partial charge < -0.3 is 4.90 Å². The molecule has 98 valence electrons. The molecule has 0 unspecified atom stereocenters. The molecule has 0 spiro atoms. The Morgan fingerprint density at radius 1 is 1.21 bits per heavy atom. The van der Waals surface area contributed by atoms with E-state index in [-0.39, 0.29) is 5.91 Å². The van der Waals surface area contributed by atoms with Crippen molar-refractivity contribution in [2.24, 2.45) is 0 Å². The lowest BCUT2D eigenvalue weighted by molar-refractivity contribution is 0.0987.